The van der Waals surface area contributed by atoms with Crippen molar-refractivity contribution in [1.82, 2.24) is 14.3 Å². The number of hydrogen-bond donors (Lipinski definition) is 1. The van der Waals surface area contributed by atoms with Crippen LogP contribution < -0.4 is 10.2 Å². The molecule has 0 atom stereocenters. The molecule has 2 amide bonds. The molecule has 1 N–H and O–H groups in total. The zero-order valence-corrected chi connectivity index (χ0v) is 19.1. The zero-order chi connectivity index (χ0) is 21.4. The van der Waals surface area contributed by atoms with Crippen molar-refractivity contribution in [2.75, 3.05) is 36.4 Å². The number of anilines is 2. The van der Waals surface area contributed by atoms with Crippen LogP contribution in [0.5, 0.6) is 0 Å². The quantitative estimate of drug-likeness (QED) is 0.389. The van der Waals surface area contributed by atoms with E-state index in [9.17, 15) is 4.79 Å². The molecule has 158 valence electrons. The molecule has 5 rings (SSSR count). The van der Waals surface area contributed by atoms with Crippen molar-refractivity contribution in [2.24, 2.45) is 0 Å². The first-order valence-electron chi connectivity index (χ1n) is 10.2. The zero-order valence-electron chi connectivity index (χ0n) is 16.8. The molecule has 1 aliphatic heterocycles. The predicted molar refractivity (Wildman–Crippen MR) is 129 cm³/mol. The van der Waals surface area contributed by atoms with Gasteiger partial charge in [-0.1, -0.05) is 33.6 Å². The van der Waals surface area contributed by atoms with E-state index in [0.29, 0.717) is 24.7 Å². The van der Waals surface area contributed by atoms with E-state index in [4.69, 9.17) is 16.6 Å². The van der Waals surface area contributed by atoms with Gasteiger partial charge in [-0.25, -0.2) is 9.78 Å². The number of fused-ring (bicyclic) bond motifs is 3. The first-order chi connectivity index (χ1) is 15.1. The molecule has 4 aromatic rings. The maximum Gasteiger partial charge on any atom is 0.321 e. The van der Waals surface area contributed by atoms with E-state index in [1.165, 1.54) is 0 Å². The van der Waals surface area contributed by atoms with Crippen LogP contribution in [0.2, 0.25) is 5.02 Å². The average Bonchev–Trinajstić information content (AvgIpc) is 3.11. The highest BCUT2D eigenvalue weighted by Gasteiger charge is 2.22. The molecule has 1 saturated heterocycles. The van der Waals surface area contributed by atoms with Crippen molar-refractivity contribution in [3.05, 3.63) is 70.3 Å². The third-order valence-corrected chi connectivity index (χ3v) is 6.29. The molecule has 0 unspecified atom stereocenters. The third kappa shape index (κ3) is 4.07. The molecule has 1 fully saturated rings. The van der Waals surface area contributed by atoms with Gasteiger partial charge in [0.1, 0.15) is 0 Å². The summed E-state index contributed by atoms with van der Waals surface area (Å²) in [7, 11) is 0. The van der Waals surface area contributed by atoms with E-state index in [1.54, 1.807) is 0 Å². The van der Waals surface area contributed by atoms with E-state index in [2.05, 4.69) is 36.6 Å². The number of nitrogens with zero attached hydrogens (tertiary/aromatic N) is 4. The van der Waals surface area contributed by atoms with Gasteiger partial charge in [0.25, 0.3) is 0 Å². The second-order valence-corrected chi connectivity index (χ2v) is 8.95. The minimum absolute atomic E-state index is 0.0777. The smallest absolute Gasteiger partial charge is 0.321 e. The van der Waals surface area contributed by atoms with E-state index >= 15 is 0 Å². The van der Waals surface area contributed by atoms with Crippen LogP contribution in [0.3, 0.4) is 0 Å². The number of urea groups is 1. The number of hydrogen-bond acceptors (Lipinski definition) is 3. The SMILES string of the molecule is O=C(Nc1cccc(Br)c1)N1CCCN(c2nc3cc(Cl)ccc3n3cccc23)CC1. The summed E-state index contributed by atoms with van der Waals surface area (Å²) in [6.07, 6.45) is 2.92. The predicted octanol–water partition coefficient (Wildman–Crippen LogP) is 5.65. The Bertz CT molecular complexity index is 1270. The number of rotatable bonds is 2. The van der Waals surface area contributed by atoms with Crippen LogP contribution >= 0.6 is 27.5 Å². The maximum atomic E-state index is 12.8. The van der Waals surface area contributed by atoms with Gasteiger partial charge in [0.15, 0.2) is 5.82 Å². The Morgan fingerprint density at radius 1 is 1.00 bits per heavy atom. The van der Waals surface area contributed by atoms with Crippen molar-refractivity contribution in [3.63, 3.8) is 0 Å². The van der Waals surface area contributed by atoms with Crippen LogP contribution in [0.15, 0.2) is 65.3 Å². The van der Waals surface area contributed by atoms with Gasteiger partial charge in [-0.15, -0.1) is 0 Å². The summed E-state index contributed by atoms with van der Waals surface area (Å²) in [4.78, 5) is 21.9. The molecular weight excluding hydrogens is 478 g/mol. The van der Waals surface area contributed by atoms with Crippen LogP contribution in [0, 0.1) is 0 Å². The maximum absolute atomic E-state index is 12.8. The fraction of sp³-hybridized carbons (Fsp3) is 0.217. The average molecular weight is 499 g/mol. The molecule has 3 heterocycles. The molecule has 6 nitrogen and oxygen atoms in total. The Labute approximate surface area is 193 Å². The lowest BCUT2D eigenvalue weighted by atomic mass is 10.2. The van der Waals surface area contributed by atoms with Crippen molar-refractivity contribution < 1.29 is 4.79 Å². The summed E-state index contributed by atoms with van der Waals surface area (Å²) in [5, 5.41) is 3.66. The second-order valence-electron chi connectivity index (χ2n) is 7.60. The topological polar surface area (TPSA) is 52.9 Å². The largest absolute Gasteiger partial charge is 0.353 e. The molecule has 0 radical (unpaired) electrons. The molecule has 0 bridgehead atoms. The minimum atomic E-state index is -0.0777. The van der Waals surface area contributed by atoms with E-state index < -0.39 is 0 Å². The first-order valence-corrected chi connectivity index (χ1v) is 11.4. The highest BCUT2D eigenvalue weighted by molar-refractivity contribution is 9.10. The van der Waals surface area contributed by atoms with E-state index in [-0.39, 0.29) is 6.03 Å². The summed E-state index contributed by atoms with van der Waals surface area (Å²) in [5.41, 5.74) is 3.73. The molecule has 0 spiro atoms. The summed E-state index contributed by atoms with van der Waals surface area (Å²) in [6.45, 7) is 2.88. The van der Waals surface area contributed by atoms with Gasteiger partial charge in [0.05, 0.1) is 16.6 Å². The lowest BCUT2D eigenvalue weighted by Gasteiger charge is -2.24. The van der Waals surface area contributed by atoms with Gasteiger partial charge in [-0.3, -0.25) is 0 Å². The minimum Gasteiger partial charge on any atom is -0.353 e. The Balaban J connectivity index is 1.38. The van der Waals surface area contributed by atoms with Crippen LogP contribution in [-0.4, -0.2) is 46.5 Å². The highest BCUT2D eigenvalue weighted by Crippen LogP contribution is 2.28. The summed E-state index contributed by atoms with van der Waals surface area (Å²) >= 11 is 9.66. The number of benzene rings is 2. The molecule has 2 aromatic heterocycles. The number of carbonyl (C=O) groups is 1. The molecular formula is C23H21BrClN5O. The van der Waals surface area contributed by atoms with Crippen molar-refractivity contribution >= 4 is 61.6 Å². The third-order valence-electron chi connectivity index (χ3n) is 5.56. The Kier molecular flexibility index (Phi) is 5.46. The molecule has 0 aliphatic carbocycles. The summed E-state index contributed by atoms with van der Waals surface area (Å²) in [6, 6.07) is 17.5. The molecule has 0 saturated carbocycles. The van der Waals surface area contributed by atoms with Gasteiger partial charge in [0, 0.05) is 47.6 Å². The molecule has 31 heavy (non-hydrogen) atoms. The second kappa shape index (κ2) is 8.40. The fourth-order valence-corrected chi connectivity index (χ4v) is 4.63. The summed E-state index contributed by atoms with van der Waals surface area (Å²) in [5.74, 6) is 0.925. The lowest BCUT2D eigenvalue weighted by molar-refractivity contribution is 0.215. The van der Waals surface area contributed by atoms with Crippen molar-refractivity contribution in [3.8, 4) is 0 Å². The van der Waals surface area contributed by atoms with Crippen molar-refractivity contribution in [2.45, 2.75) is 6.42 Å². The van der Waals surface area contributed by atoms with Gasteiger partial charge in [0.2, 0.25) is 0 Å². The van der Waals surface area contributed by atoms with Gasteiger partial charge in [-0.2, -0.15) is 0 Å². The molecule has 1 aliphatic rings. The number of carbonyl (C=O) groups excluding carboxylic acids is 1. The standard InChI is InChI=1S/C23H21BrClN5O/c24-16-4-1-5-18(14-16)26-23(31)29-10-3-9-28(12-13-29)22-21-6-2-11-30(21)20-8-7-17(25)15-19(20)27-22/h1-2,4-8,11,14-15H,3,9-10,12-13H2,(H,26,31). The number of nitrogens with one attached hydrogen (secondary N) is 1. The number of amides is 2. The van der Waals surface area contributed by atoms with Gasteiger partial charge in [-0.05, 0) is 55.0 Å². The first kappa shape index (κ1) is 20.2. The Morgan fingerprint density at radius 3 is 2.77 bits per heavy atom. The van der Waals surface area contributed by atoms with E-state index in [1.807, 2.05) is 59.6 Å². The van der Waals surface area contributed by atoms with E-state index in [0.717, 1.165) is 45.5 Å². The Hall–Kier alpha value is -2.77. The number of halogens is 2. The fourth-order valence-electron chi connectivity index (χ4n) is 4.07. The Morgan fingerprint density at radius 2 is 1.90 bits per heavy atom. The summed E-state index contributed by atoms with van der Waals surface area (Å²) < 4.78 is 3.09. The van der Waals surface area contributed by atoms with Gasteiger partial charge >= 0.3 is 6.03 Å². The van der Waals surface area contributed by atoms with Crippen LogP contribution in [0.4, 0.5) is 16.3 Å². The number of aromatic nitrogens is 2. The van der Waals surface area contributed by atoms with Crippen LogP contribution in [0.1, 0.15) is 6.42 Å². The van der Waals surface area contributed by atoms with Crippen LogP contribution in [-0.2, 0) is 0 Å². The van der Waals surface area contributed by atoms with Gasteiger partial charge < -0.3 is 19.5 Å². The molecule has 8 heteroatoms. The van der Waals surface area contributed by atoms with Crippen molar-refractivity contribution in [1.29, 1.82) is 0 Å². The highest BCUT2D eigenvalue weighted by atomic mass is 79.9. The monoisotopic (exact) mass is 497 g/mol. The normalized spacial score (nSPS) is 14.8. The molecule has 2 aromatic carbocycles. The van der Waals surface area contributed by atoms with Crippen LogP contribution in [0.25, 0.3) is 16.6 Å². The lowest BCUT2D eigenvalue weighted by Crippen LogP contribution is -2.38.